The van der Waals surface area contributed by atoms with Crippen LogP contribution in [0.3, 0.4) is 0 Å². The van der Waals surface area contributed by atoms with Crippen LogP contribution in [0.2, 0.25) is 0 Å². The van der Waals surface area contributed by atoms with Gasteiger partial charge in [-0.05, 0) is 0 Å². The molecule has 25 heavy (non-hydrogen) atoms. The third-order valence-electron chi connectivity index (χ3n) is 3.36. The molecule has 0 radical (unpaired) electrons. The zero-order valence-electron chi connectivity index (χ0n) is 13.5. The molecule has 8 nitrogen and oxygen atoms in total. The Morgan fingerprint density at radius 3 is 2.40 bits per heavy atom. The minimum Gasteiger partial charge on any atom is -0.340 e. The van der Waals surface area contributed by atoms with Crippen molar-refractivity contribution in [2.24, 2.45) is 0 Å². The lowest BCUT2D eigenvalue weighted by Gasteiger charge is -2.19. The number of thioether (sulfide) groups is 1. The van der Waals surface area contributed by atoms with Gasteiger partial charge in [0.25, 0.3) is 0 Å². The summed E-state index contributed by atoms with van der Waals surface area (Å²) in [5.41, 5.74) is 0.834. The lowest BCUT2D eigenvalue weighted by molar-refractivity contribution is -0.128. The number of nitriles is 2. The number of benzene rings is 1. The second-order valence-corrected chi connectivity index (χ2v) is 5.97. The highest BCUT2D eigenvalue weighted by atomic mass is 32.2. The van der Waals surface area contributed by atoms with Crippen molar-refractivity contribution >= 4 is 17.7 Å². The van der Waals surface area contributed by atoms with Gasteiger partial charge in [0, 0.05) is 18.7 Å². The first-order chi connectivity index (χ1) is 12.2. The first-order valence-electron chi connectivity index (χ1n) is 7.57. The number of hydrogen-bond donors (Lipinski definition) is 1. The summed E-state index contributed by atoms with van der Waals surface area (Å²) < 4.78 is 1.35. The largest absolute Gasteiger partial charge is 0.340 e. The maximum atomic E-state index is 12.3. The molecule has 0 saturated heterocycles. The van der Waals surface area contributed by atoms with Crippen LogP contribution in [-0.4, -0.2) is 44.5 Å². The third-order valence-corrected chi connectivity index (χ3v) is 4.29. The van der Waals surface area contributed by atoms with Gasteiger partial charge in [0.05, 0.1) is 30.7 Å². The molecular weight excluding hydrogens is 338 g/mol. The molecule has 2 aromatic rings. The van der Waals surface area contributed by atoms with E-state index in [9.17, 15) is 4.79 Å². The smallest absolute Gasteiger partial charge is 0.233 e. The Morgan fingerprint density at radius 1 is 1.16 bits per heavy atom. The van der Waals surface area contributed by atoms with Crippen LogP contribution < -0.4 is 5.84 Å². The quantitative estimate of drug-likeness (QED) is 0.560. The van der Waals surface area contributed by atoms with Crippen LogP contribution in [0.5, 0.6) is 0 Å². The molecule has 1 amide bonds. The van der Waals surface area contributed by atoms with Gasteiger partial charge in [0.15, 0.2) is 5.82 Å². The monoisotopic (exact) mass is 355 g/mol. The summed E-state index contributed by atoms with van der Waals surface area (Å²) in [5.74, 6) is 6.48. The Hall–Kier alpha value is -3.04. The Balaban J connectivity index is 2.00. The molecule has 0 fully saturated rings. The fraction of sp³-hybridized carbons (Fsp3) is 0.312. The van der Waals surface area contributed by atoms with Gasteiger partial charge in [0.2, 0.25) is 11.1 Å². The predicted molar refractivity (Wildman–Crippen MR) is 93.4 cm³/mol. The van der Waals surface area contributed by atoms with E-state index in [1.165, 1.54) is 21.3 Å². The van der Waals surface area contributed by atoms with Gasteiger partial charge in [-0.1, -0.05) is 42.1 Å². The molecule has 1 aromatic carbocycles. The lowest BCUT2D eigenvalue weighted by atomic mass is 10.2. The SMILES string of the molecule is N#CCCN(CCC#N)C(=O)CSc1nnc(-c2ccccc2)n1N. The number of aromatic nitrogens is 3. The zero-order chi connectivity index (χ0) is 18.1. The summed E-state index contributed by atoms with van der Waals surface area (Å²) in [6.07, 6.45) is 0.458. The molecule has 1 aromatic heterocycles. The number of hydrogen-bond acceptors (Lipinski definition) is 7. The molecule has 2 rings (SSSR count). The number of nitrogens with two attached hydrogens (primary N) is 1. The number of carbonyl (C=O) groups is 1. The van der Waals surface area contributed by atoms with E-state index in [1.54, 1.807) is 0 Å². The molecule has 2 N–H and O–H groups in total. The average Bonchev–Trinajstić information content (AvgIpc) is 3.01. The second kappa shape index (κ2) is 9.30. The highest BCUT2D eigenvalue weighted by Gasteiger charge is 2.17. The van der Waals surface area contributed by atoms with Crippen molar-refractivity contribution in [1.29, 1.82) is 10.5 Å². The molecule has 9 heteroatoms. The van der Waals surface area contributed by atoms with E-state index >= 15 is 0 Å². The van der Waals surface area contributed by atoms with E-state index < -0.39 is 0 Å². The topological polar surface area (TPSA) is 125 Å². The number of carbonyl (C=O) groups excluding carboxylic acids is 1. The summed E-state index contributed by atoms with van der Waals surface area (Å²) in [7, 11) is 0. The zero-order valence-corrected chi connectivity index (χ0v) is 14.3. The van der Waals surface area contributed by atoms with E-state index in [1.807, 2.05) is 42.5 Å². The Kier molecular flexibility index (Phi) is 6.81. The Labute approximate surface area is 149 Å². The maximum absolute atomic E-state index is 12.3. The molecule has 0 aliphatic rings. The summed E-state index contributed by atoms with van der Waals surface area (Å²) >= 11 is 1.17. The van der Waals surface area contributed by atoms with Crippen molar-refractivity contribution in [2.45, 2.75) is 18.0 Å². The van der Waals surface area contributed by atoms with E-state index in [4.69, 9.17) is 16.4 Å². The minimum atomic E-state index is -0.167. The highest BCUT2D eigenvalue weighted by Crippen LogP contribution is 2.21. The maximum Gasteiger partial charge on any atom is 0.233 e. The summed E-state index contributed by atoms with van der Waals surface area (Å²) in [5, 5.41) is 25.9. The van der Waals surface area contributed by atoms with Crippen molar-refractivity contribution in [1.82, 2.24) is 19.8 Å². The molecule has 0 atom stereocenters. The predicted octanol–water partition coefficient (Wildman–Crippen LogP) is 1.41. The minimum absolute atomic E-state index is 0.112. The molecule has 0 aliphatic carbocycles. The first-order valence-corrected chi connectivity index (χ1v) is 8.56. The van der Waals surface area contributed by atoms with Crippen molar-refractivity contribution in [3.05, 3.63) is 30.3 Å². The molecule has 0 spiro atoms. The van der Waals surface area contributed by atoms with Crippen LogP contribution in [0, 0.1) is 22.7 Å². The Bertz CT molecular complexity index is 773. The first kappa shape index (κ1) is 18.3. The van der Waals surface area contributed by atoms with Crippen molar-refractivity contribution in [3.8, 4) is 23.5 Å². The van der Waals surface area contributed by atoms with Crippen LogP contribution in [0.1, 0.15) is 12.8 Å². The van der Waals surface area contributed by atoms with Gasteiger partial charge in [-0.15, -0.1) is 10.2 Å². The van der Waals surface area contributed by atoms with Gasteiger partial charge < -0.3 is 10.7 Å². The fourth-order valence-corrected chi connectivity index (χ4v) is 2.87. The van der Waals surface area contributed by atoms with E-state index in [2.05, 4.69) is 10.2 Å². The second-order valence-electron chi connectivity index (χ2n) is 5.03. The molecule has 0 saturated carbocycles. The van der Waals surface area contributed by atoms with Crippen molar-refractivity contribution in [2.75, 3.05) is 24.7 Å². The lowest BCUT2D eigenvalue weighted by Crippen LogP contribution is -2.34. The highest BCUT2D eigenvalue weighted by molar-refractivity contribution is 7.99. The van der Waals surface area contributed by atoms with Crippen LogP contribution in [0.4, 0.5) is 0 Å². The molecule has 0 bridgehead atoms. The van der Waals surface area contributed by atoms with E-state index in [-0.39, 0.29) is 24.5 Å². The summed E-state index contributed by atoms with van der Waals surface area (Å²) in [6.45, 7) is 0.615. The van der Waals surface area contributed by atoms with Crippen LogP contribution >= 0.6 is 11.8 Å². The summed E-state index contributed by atoms with van der Waals surface area (Å²) in [6, 6.07) is 13.4. The number of nitrogen functional groups attached to an aromatic ring is 1. The van der Waals surface area contributed by atoms with Crippen molar-refractivity contribution in [3.63, 3.8) is 0 Å². The standard InChI is InChI=1S/C16H17N7OS/c17-8-4-10-22(11-5-9-18)14(24)12-25-16-21-20-15(23(16)19)13-6-2-1-3-7-13/h1-3,6-7H,4-5,10-12,19H2. The molecule has 0 aliphatic heterocycles. The summed E-state index contributed by atoms with van der Waals surface area (Å²) in [4.78, 5) is 13.8. The third kappa shape index (κ3) is 4.96. The van der Waals surface area contributed by atoms with Crippen LogP contribution in [0.15, 0.2) is 35.5 Å². The molecule has 128 valence electrons. The van der Waals surface area contributed by atoms with Crippen LogP contribution in [0.25, 0.3) is 11.4 Å². The number of amides is 1. The van der Waals surface area contributed by atoms with Crippen LogP contribution in [-0.2, 0) is 4.79 Å². The van der Waals surface area contributed by atoms with Gasteiger partial charge in [-0.25, -0.2) is 4.68 Å². The average molecular weight is 355 g/mol. The number of rotatable bonds is 8. The van der Waals surface area contributed by atoms with E-state index in [0.717, 1.165) is 5.56 Å². The normalized spacial score (nSPS) is 10.0. The number of nitrogens with zero attached hydrogens (tertiary/aromatic N) is 6. The Morgan fingerprint density at radius 2 is 1.80 bits per heavy atom. The van der Waals surface area contributed by atoms with Crippen molar-refractivity contribution < 1.29 is 4.79 Å². The van der Waals surface area contributed by atoms with Gasteiger partial charge >= 0.3 is 0 Å². The van der Waals surface area contributed by atoms with Gasteiger partial charge in [-0.2, -0.15) is 10.5 Å². The fourth-order valence-electron chi connectivity index (χ4n) is 2.11. The van der Waals surface area contributed by atoms with Gasteiger partial charge in [0.1, 0.15) is 0 Å². The molecule has 0 unspecified atom stereocenters. The molecule has 1 heterocycles. The molecular formula is C16H17N7OS. The van der Waals surface area contributed by atoms with E-state index in [0.29, 0.717) is 24.1 Å². The van der Waals surface area contributed by atoms with Gasteiger partial charge in [-0.3, -0.25) is 4.79 Å².